The van der Waals surface area contributed by atoms with Crippen molar-refractivity contribution in [3.8, 4) is 11.4 Å². The molecule has 4 rings (SSSR count). The van der Waals surface area contributed by atoms with E-state index in [0.717, 1.165) is 35.9 Å². The number of thiophene rings is 1. The van der Waals surface area contributed by atoms with Crippen molar-refractivity contribution in [2.45, 2.75) is 0 Å². The average Bonchev–Trinajstić information content (AvgIpc) is 3.30. The summed E-state index contributed by atoms with van der Waals surface area (Å²) in [6.07, 6.45) is 0. The van der Waals surface area contributed by atoms with Crippen LogP contribution in [-0.2, 0) is 9.53 Å². The van der Waals surface area contributed by atoms with Gasteiger partial charge in [-0.2, -0.15) is 15.9 Å². The lowest BCUT2D eigenvalue weighted by Crippen LogP contribution is -2.50. The zero-order valence-corrected chi connectivity index (χ0v) is 14.6. The molecule has 0 atom stereocenters. The number of hydrogen-bond acceptors (Lipinski definition) is 7. The molecule has 25 heavy (non-hydrogen) atoms. The van der Waals surface area contributed by atoms with E-state index >= 15 is 0 Å². The molecule has 1 fully saturated rings. The summed E-state index contributed by atoms with van der Waals surface area (Å²) in [5, 5.41) is 17.2. The van der Waals surface area contributed by atoms with Crippen LogP contribution in [0.5, 0.6) is 0 Å². The molecule has 0 unspecified atom stereocenters. The van der Waals surface area contributed by atoms with Gasteiger partial charge in [0, 0.05) is 44.2 Å². The molecule has 0 aliphatic carbocycles. The van der Waals surface area contributed by atoms with Gasteiger partial charge in [0.1, 0.15) is 12.4 Å². The van der Waals surface area contributed by atoms with E-state index in [4.69, 9.17) is 9.84 Å². The third-order valence-electron chi connectivity index (χ3n) is 4.25. The number of piperazine rings is 1. The highest BCUT2D eigenvalue weighted by atomic mass is 32.1. The third-order valence-corrected chi connectivity index (χ3v) is 4.94. The van der Waals surface area contributed by atoms with Crippen molar-refractivity contribution in [1.29, 1.82) is 0 Å². The van der Waals surface area contributed by atoms with Gasteiger partial charge < -0.3 is 14.5 Å². The van der Waals surface area contributed by atoms with Crippen LogP contribution in [0.1, 0.15) is 0 Å². The van der Waals surface area contributed by atoms with Gasteiger partial charge in [0.15, 0.2) is 11.5 Å². The number of fused-ring (bicyclic) bond motifs is 1. The van der Waals surface area contributed by atoms with Crippen molar-refractivity contribution in [2.24, 2.45) is 0 Å². The molecule has 0 spiro atoms. The first kappa shape index (κ1) is 16.0. The Morgan fingerprint density at radius 3 is 2.76 bits per heavy atom. The van der Waals surface area contributed by atoms with Crippen LogP contribution in [0, 0.1) is 0 Å². The molecule has 3 aromatic heterocycles. The topological polar surface area (TPSA) is 75.9 Å². The van der Waals surface area contributed by atoms with Gasteiger partial charge in [-0.15, -0.1) is 15.3 Å². The molecule has 1 amide bonds. The molecule has 130 valence electrons. The summed E-state index contributed by atoms with van der Waals surface area (Å²) >= 11 is 1.62. The number of nitrogens with zero attached hydrogens (tertiary/aromatic N) is 6. The molecule has 0 radical (unpaired) electrons. The Kier molecular flexibility index (Phi) is 4.33. The van der Waals surface area contributed by atoms with Crippen molar-refractivity contribution >= 4 is 28.7 Å². The maximum Gasteiger partial charge on any atom is 0.248 e. The number of anilines is 1. The number of ether oxygens (including phenoxy) is 1. The van der Waals surface area contributed by atoms with E-state index < -0.39 is 0 Å². The smallest absolute Gasteiger partial charge is 0.248 e. The standard InChI is InChI=1S/C16H18N6O2S/c1-24-10-15(23)21-7-5-20(6-8-21)14-3-2-13-17-18-16(22(13)19-14)12-4-9-25-11-12/h2-4,9,11H,5-8,10H2,1H3. The van der Waals surface area contributed by atoms with E-state index in [1.54, 1.807) is 15.9 Å². The zero-order chi connectivity index (χ0) is 17.2. The molecule has 1 aliphatic rings. The summed E-state index contributed by atoms with van der Waals surface area (Å²) in [6, 6.07) is 5.89. The van der Waals surface area contributed by atoms with Crippen molar-refractivity contribution in [2.75, 3.05) is 44.8 Å². The second kappa shape index (κ2) is 6.77. The number of rotatable bonds is 4. The Morgan fingerprint density at radius 2 is 2.04 bits per heavy atom. The van der Waals surface area contributed by atoms with Crippen LogP contribution in [-0.4, -0.2) is 70.5 Å². The van der Waals surface area contributed by atoms with Crippen LogP contribution in [0.15, 0.2) is 29.0 Å². The van der Waals surface area contributed by atoms with E-state index in [2.05, 4.69) is 15.1 Å². The predicted octanol–water partition coefficient (Wildman–Crippen LogP) is 1.15. The highest BCUT2D eigenvalue weighted by Crippen LogP contribution is 2.22. The lowest BCUT2D eigenvalue weighted by atomic mass is 10.3. The average molecular weight is 358 g/mol. The Balaban J connectivity index is 1.55. The van der Waals surface area contributed by atoms with Gasteiger partial charge in [-0.3, -0.25) is 4.79 Å². The lowest BCUT2D eigenvalue weighted by Gasteiger charge is -2.35. The van der Waals surface area contributed by atoms with Crippen LogP contribution in [0.25, 0.3) is 17.0 Å². The first-order valence-corrected chi connectivity index (χ1v) is 8.97. The molecule has 4 heterocycles. The molecule has 8 nitrogen and oxygen atoms in total. The van der Waals surface area contributed by atoms with Gasteiger partial charge in [0.05, 0.1) is 0 Å². The lowest BCUT2D eigenvalue weighted by molar-refractivity contribution is -0.135. The van der Waals surface area contributed by atoms with E-state index in [9.17, 15) is 4.79 Å². The minimum absolute atomic E-state index is 0.0316. The molecule has 0 saturated carbocycles. The van der Waals surface area contributed by atoms with E-state index in [1.807, 2.05) is 33.9 Å². The predicted molar refractivity (Wildman–Crippen MR) is 94.8 cm³/mol. The van der Waals surface area contributed by atoms with E-state index in [-0.39, 0.29) is 12.5 Å². The molecule has 1 aliphatic heterocycles. The Bertz CT molecular complexity index is 870. The number of hydrogen-bond donors (Lipinski definition) is 0. The van der Waals surface area contributed by atoms with Crippen LogP contribution < -0.4 is 4.90 Å². The second-order valence-corrected chi connectivity index (χ2v) is 6.58. The fourth-order valence-corrected chi connectivity index (χ4v) is 3.55. The molecule has 9 heteroatoms. The Labute approximate surface area is 148 Å². The Morgan fingerprint density at radius 1 is 1.20 bits per heavy atom. The minimum Gasteiger partial charge on any atom is -0.375 e. The highest BCUT2D eigenvalue weighted by Gasteiger charge is 2.22. The summed E-state index contributed by atoms with van der Waals surface area (Å²) in [5.74, 6) is 1.64. The minimum atomic E-state index is 0.0316. The van der Waals surface area contributed by atoms with Gasteiger partial charge in [-0.25, -0.2) is 0 Å². The van der Waals surface area contributed by atoms with E-state index in [1.165, 1.54) is 7.11 Å². The van der Waals surface area contributed by atoms with Gasteiger partial charge >= 0.3 is 0 Å². The second-order valence-electron chi connectivity index (χ2n) is 5.80. The summed E-state index contributed by atoms with van der Waals surface area (Å²) in [7, 11) is 1.54. The molecular weight excluding hydrogens is 340 g/mol. The third kappa shape index (κ3) is 3.08. The molecule has 0 aromatic carbocycles. The molecule has 0 N–H and O–H groups in total. The first-order valence-electron chi connectivity index (χ1n) is 8.03. The summed E-state index contributed by atoms with van der Waals surface area (Å²) in [4.78, 5) is 15.9. The summed E-state index contributed by atoms with van der Waals surface area (Å²) in [6.45, 7) is 2.95. The highest BCUT2D eigenvalue weighted by molar-refractivity contribution is 7.08. The van der Waals surface area contributed by atoms with E-state index in [0.29, 0.717) is 13.1 Å². The first-order chi connectivity index (χ1) is 12.3. The number of amides is 1. The number of methoxy groups -OCH3 is 1. The monoisotopic (exact) mass is 358 g/mol. The van der Waals surface area contributed by atoms with Crippen molar-refractivity contribution in [3.63, 3.8) is 0 Å². The Hall–Kier alpha value is -2.52. The normalized spacial score (nSPS) is 15.1. The fraction of sp³-hybridized carbons (Fsp3) is 0.375. The maximum atomic E-state index is 11.9. The number of aromatic nitrogens is 4. The van der Waals surface area contributed by atoms with Crippen molar-refractivity contribution < 1.29 is 9.53 Å². The van der Waals surface area contributed by atoms with Gasteiger partial charge in [-0.05, 0) is 23.6 Å². The molecular formula is C16H18N6O2S. The van der Waals surface area contributed by atoms with Gasteiger partial charge in [0.25, 0.3) is 0 Å². The number of carbonyl (C=O) groups is 1. The SMILES string of the molecule is COCC(=O)N1CCN(c2ccc3nnc(-c4ccsc4)n3n2)CC1. The summed E-state index contributed by atoms with van der Waals surface area (Å²) < 4.78 is 6.70. The quantitative estimate of drug-likeness (QED) is 0.696. The largest absolute Gasteiger partial charge is 0.375 e. The molecule has 3 aromatic rings. The van der Waals surface area contributed by atoms with Gasteiger partial charge in [-0.1, -0.05) is 0 Å². The summed E-state index contributed by atoms with van der Waals surface area (Å²) in [5.41, 5.74) is 1.73. The van der Waals surface area contributed by atoms with Crippen molar-refractivity contribution in [3.05, 3.63) is 29.0 Å². The number of carbonyl (C=O) groups excluding carboxylic acids is 1. The van der Waals surface area contributed by atoms with Crippen molar-refractivity contribution in [1.82, 2.24) is 24.7 Å². The van der Waals surface area contributed by atoms with Crippen LogP contribution in [0.3, 0.4) is 0 Å². The van der Waals surface area contributed by atoms with Crippen LogP contribution in [0.2, 0.25) is 0 Å². The molecule has 1 saturated heterocycles. The molecule has 0 bridgehead atoms. The van der Waals surface area contributed by atoms with Crippen LogP contribution >= 0.6 is 11.3 Å². The zero-order valence-electron chi connectivity index (χ0n) is 13.8. The fourth-order valence-electron chi connectivity index (χ4n) is 2.92. The van der Waals surface area contributed by atoms with Gasteiger partial charge in [0.2, 0.25) is 5.91 Å². The van der Waals surface area contributed by atoms with Crippen LogP contribution in [0.4, 0.5) is 5.82 Å². The maximum absolute atomic E-state index is 11.9.